The molecule has 0 saturated carbocycles. The number of hydrogen-bond acceptors (Lipinski definition) is 6. The summed E-state index contributed by atoms with van der Waals surface area (Å²) in [5.41, 5.74) is 0.561. The van der Waals surface area contributed by atoms with Crippen molar-refractivity contribution in [1.82, 2.24) is 10.2 Å². The Morgan fingerprint density at radius 1 is 1.29 bits per heavy atom. The number of rotatable bonds is 9. The third kappa shape index (κ3) is 6.03. The van der Waals surface area contributed by atoms with Gasteiger partial charge in [0.2, 0.25) is 5.91 Å². The van der Waals surface area contributed by atoms with Gasteiger partial charge in [0, 0.05) is 19.7 Å². The zero-order valence-electron chi connectivity index (χ0n) is 15.3. The van der Waals surface area contributed by atoms with Crippen molar-refractivity contribution in [3.63, 3.8) is 0 Å². The van der Waals surface area contributed by atoms with Crippen LogP contribution in [0.15, 0.2) is 29.2 Å². The standard InChI is InChI=1S/C18H20F2N2O5S/c1-3-26-11(2)15(23)21-8-9-22-16(24)14(28-18(22)25)10-12-4-6-13(7-5-12)27-17(19)20/h4-7,10-11,17H,3,8-9H2,1-2H3,(H,21,23)/b14-10+. The van der Waals surface area contributed by atoms with Crippen LogP contribution >= 0.6 is 11.8 Å². The first-order valence-corrected chi connectivity index (χ1v) is 9.33. The number of nitrogens with zero attached hydrogens (tertiary/aromatic N) is 1. The van der Waals surface area contributed by atoms with E-state index in [4.69, 9.17) is 4.74 Å². The largest absolute Gasteiger partial charge is 0.435 e. The second-order valence-corrected chi connectivity index (χ2v) is 6.66. The molecule has 10 heteroatoms. The van der Waals surface area contributed by atoms with Crippen LogP contribution in [0.3, 0.4) is 0 Å². The van der Waals surface area contributed by atoms with E-state index in [-0.39, 0.29) is 29.7 Å². The third-order valence-corrected chi connectivity index (χ3v) is 4.60. The van der Waals surface area contributed by atoms with Gasteiger partial charge in [-0.25, -0.2) is 0 Å². The zero-order chi connectivity index (χ0) is 20.7. The molecule has 28 heavy (non-hydrogen) atoms. The quantitative estimate of drug-likeness (QED) is 0.626. The number of amides is 3. The van der Waals surface area contributed by atoms with Crippen LogP contribution in [0.5, 0.6) is 5.75 Å². The van der Waals surface area contributed by atoms with Crippen LogP contribution in [0.2, 0.25) is 0 Å². The number of carbonyl (C=O) groups is 3. The van der Waals surface area contributed by atoms with Crippen LogP contribution in [0.25, 0.3) is 6.08 Å². The van der Waals surface area contributed by atoms with Gasteiger partial charge in [0.15, 0.2) is 0 Å². The average Bonchev–Trinajstić information content (AvgIpc) is 2.90. The van der Waals surface area contributed by atoms with Gasteiger partial charge in [0.25, 0.3) is 11.1 Å². The summed E-state index contributed by atoms with van der Waals surface area (Å²) in [6.45, 7) is 1.02. The number of benzene rings is 1. The van der Waals surface area contributed by atoms with Gasteiger partial charge in [-0.3, -0.25) is 19.3 Å². The minimum atomic E-state index is -2.92. The number of carbonyl (C=O) groups excluding carboxylic acids is 3. The van der Waals surface area contributed by atoms with Crippen molar-refractivity contribution in [2.45, 2.75) is 26.6 Å². The highest BCUT2D eigenvalue weighted by molar-refractivity contribution is 8.18. The number of thioether (sulfide) groups is 1. The molecule has 1 N–H and O–H groups in total. The zero-order valence-corrected chi connectivity index (χ0v) is 16.1. The van der Waals surface area contributed by atoms with Gasteiger partial charge in [-0.15, -0.1) is 0 Å². The molecule has 3 amide bonds. The molecule has 0 spiro atoms. The number of ether oxygens (including phenoxy) is 2. The Morgan fingerprint density at radius 2 is 1.96 bits per heavy atom. The Balaban J connectivity index is 1.93. The predicted octanol–water partition coefficient (Wildman–Crippen LogP) is 2.87. The van der Waals surface area contributed by atoms with E-state index in [9.17, 15) is 23.2 Å². The first kappa shape index (κ1) is 21.8. The highest BCUT2D eigenvalue weighted by Crippen LogP contribution is 2.32. The molecular formula is C18H20F2N2O5S. The van der Waals surface area contributed by atoms with Crippen molar-refractivity contribution in [3.8, 4) is 5.75 Å². The summed E-state index contributed by atoms with van der Waals surface area (Å²) >= 11 is 0.775. The molecule has 1 saturated heterocycles. The Kier molecular flexibility index (Phi) is 7.94. The molecule has 0 aliphatic carbocycles. The molecule has 0 radical (unpaired) electrons. The lowest BCUT2D eigenvalue weighted by Crippen LogP contribution is -2.41. The van der Waals surface area contributed by atoms with Crippen molar-refractivity contribution >= 4 is 34.9 Å². The molecule has 1 fully saturated rings. The number of imide groups is 1. The van der Waals surface area contributed by atoms with Crippen LogP contribution in [-0.4, -0.2) is 54.4 Å². The Bertz CT molecular complexity index is 755. The summed E-state index contributed by atoms with van der Waals surface area (Å²) in [6.07, 6.45) is 0.879. The smallest absolute Gasteiger partial charge is 0.387 e. The van der Waals surface area contributed by atoms with Gasteiger partial charge in [-0.2, -0.15) is 8.78 Å². The Labute approximate surface area is 165 Å². The van der Waals surface area contributed by atoms with Crippen LogP contribution in [0.1, 0.15) is 19.4 Å². The van der Waals surface area contributed by atoms with E-state index < -0.39 is 23.9 Å². The van der Waals surface area contributed by atoms with E-state index in [1.807, 2.05) is 0 Å². The van der Waals surface area contributed by atoms with Crippen molar-refractivity contribution in [2.75, 3.05) is 19.7 Å². The second kappa shape index (κ2) is 10.2. The number of hydrogen-bond donors (Lipinski definition) is 1. The summed E-state index contributed by atoms with van der Waals surface area (Å²) < 4.78 is 33.7. The molecule has 1 atom stereocenters. The maximum atomic E-state index is 12.4. The maximum Gasteiger partial charge on any atom is 0.387 e. The molecule has 1 heterocycles. The molecular weight excluding hydrogens is 394 g/mol. The van der Waals surface area contributed by atoms with Crippen LogP contribution in [0, 0.1) is 0 Å². The fourth-order valence-corrected chi connectivity index (χ4v) is 3.21. The first-order chi connectivity index (χ1) is 13.3. The predicted molar refractivity (Wildman–Crippen MR) is 99.8 cm³/mol. The highest BCUT2D eigenvalue weighted by atomic mass is 32.2. The van der Waals surface area contributed by atoms with E-state index in [0.29, 0.717) is 12.2 Å². The maximum absolute atomic E-state index is 12.4. The number of alkyl halides is 2. The molecule has 1 aliphatic heterocycles. The van der Waals surface area contributed by atoms with Crippen molar-refractivity contribution in [1.29, 1.82) is 0 Å². The van der Waals surface area contributed by atoms with Crippen LogP contribution in [0.4, 0.5) is 13.6 Å². The van der Waals surface area contributed by atoms with Gasteiger partial charge in [0.05, 0.1) is 4.91 Å². The minimum Gasteiger partial charge on any atom is -0.435 e. The lowest BCUT2D eigenvalue weighted by molar-refractivity contribution is -0.132. The summed E-state index contributed by atoms with van der Waals surface area (Å²) in [4.78, 5) is 37.5. The molecule has 1 unspecified atom stereocenters. The highest BCUT2D eigenvalue weighted by Gasteiger charge is 2.34. The van der Waals surface area contributed by atoms with Crippen molar-refractivity contribution in [2.24, 2.45) is 0 Å². The fourth-order valence-electron chi connectivity index (χ4n) is 2.35. The van der Waals surface area contributed by atoms with Crippen molar-refractivity contribution in [3.05, 3.63) is 34.7 Å². The van der Waals surface area contributed by atoms with E-state index in [1.165, 1.54) is 30.3 Å². The van der Waals surface area contributed by atoms with Crippen molar-refractivity contribution < 1.29 is 32.6 Å². The topological polar surface area (TPSA) is 84.9 Å². The average molecular weight is 414 g/mol. The van der Waals surface area contributed by atoms with Gasteiger partial charge in [-0.05, 0) is 49.4 Å². The fraction of sp³-hybridized carbons (Fsp3) is 0.389. The monoisotopic (exact) mass is 414 g/mol. The van der Waals surface area contributed by atoms with E-state index in [1.54, 1.807) is 13.8 Å². The summed E-state index contributed by atoms with van der Waals surface area (Å²) in [7, 11) is 0. The minimum absolute atomic E-state index is 0.00252. The number of halogens is 2. The molecule has 1 aromatic carbocycles. The molecule has 1 aliphatic rings. The molecule has 0 bridgehead atoms. The molecule has 2 rings (SSSR count). The SMILES string of the molecule is CCOC(C)C(=O)NCCN1C(=O)S/C(=C/c2ccc(OC(F)F)cc2)C1=O. The summed E-state index contributed by atoms with van der Waals surface area (Å²) in [5.74, 6) is -0.803. The molecule has 1 aromatic rings. The van der Waals surface area contributed by atoms with Gasteiger partial charge < -0.3 is 14.8 Å². The van der Waals surface area contributed by atoms with E-state index in [0.717, 1.165) is 16.7 Å². The normalized spacial score (nSPS) is 16.8. The summed E-state index contributed by atoms with van der Waals surface area (Å²) in [5, 5.41) is 2.16. The molecule has 152 valence electrons. The lowest BCUT2D eigenvalue weighted by Gasteiger charge is -2.15. The summed E-state index contributed by atoms with van der Waals surface area (Å²) in [6, 6.07) is 5.69. The first-order valence-electron chi connectivity index (χ1n) is 8.51. The molecule has 0 aromatic heterocycles. The van der Waals surface area contributed by atoms with Crippen LogP contribution < -0.4 is 10.1 Å². The van der Waals surface area contributed by atoms with Gasteiger partial charge in [-0.1, -0.05) is 12.1 Å². The second-order valence-electron chi connectivity index (χ2n) is 5.67. The third-order valence-electron chi connectivity index (χ3n) is 3.70. The van der Waals surface area contributed by atoms with Crippen LogP contribution in [-0.2, 0) is 14.3 Å². The Hall–Kier alpha value is -2.46. The van der Waals surface area contributed by atoms with Gasteiger partial charge >= 0.3 is 6.61 Å². The Morgan fingerprint density at radius 3 is 2.57 bits per heavy atom. The molecule has 7 nitrogen and oxygen atoms in total. The van der Waals surface area contributed by atoms with E-state index in [2.05, 4.69) is 10.1 Å². The number of nitrogens with one attached hydrogen (secondary N) is 1. The lowest BCUT2D eigenvalue weighted by atomic mass is 10.2. The van der Waals surface area contributed by atoms with E-state index >= 15 is 0 Å². The van der Waals surface area contributed by atoms with Gasteiger partial charge in [0.1, 0.15) is 11.9 Å².